The van der Waals surface area contributed by atoms with E-state index in [1.807, 2.05) is 44.4 Å². The molecule has 0 aliphatic carbocycles. The molecule has 458 valence electrons. The molecule has 6 aromatic rings. The van der Waals surface area contributed by atoms with Gasteiger partial charge in [0.2, 0.25) is 35.5 Å². The summed E-state index contributed by atoms with van der Waals surface area (Å²) in [7, 11) is 4.29. The lowest BCUT2D eigenvalue weighted by Gasteiger charge is -2.45. The fourth-order valence-corrected chi connectivity index (χ4v) is 10.8. The summed E-state index contributed by atoms with van der Waals surface area (Å²) in [6, 6.07) is 7.06. The van der Waals surface area contributed by atoms with Gasteiger partial charge in [0.15, 0.2) is 17.5 Å². The Labute approximate surface area is 498 Å². The van der Waals surface area contributed by atoms with Crippen LogP contribution >= 0.6 is 11.6 Å². The third-order valence-electron chi connectivity index (χ3n) is 15.7. The summed E-state index contributed by atoms with van der Waals surface area (Å²) in [5.41, 5.74) is 4.69. The minimum atomic E-state index is -0.547. The van der Waals surface area contributed by atoms with Gasteiger partial charge in [0.05, 0.1) is 66.6 Å². The largest absolute Gasteiger partial charge is 0.478 e. The molecule has 2 saturated heterocycles. The topological polar surface area (TPSA) is 302 Å². The molecule has 8 N–H and O–H groups in total. The van der Waals surface area contributed by atoms with Crippen molar-refractivity contribution >= 4 is 58.3 Å². The average molecular weight is 1180 g/mol. The molecule has 2 fully saturated rings. The van der Waals surface area contributed by atoms with Gasteiger partial charge in [-0.25, -0.2) is 19.7 Å². The van der Waals surface area contributed by atoms with Gasteiger partial charge >= 0.3 is 11.4 Å². The fraction of sp³-hybridized carbons (Fsp3) is 0.589. The number of hydrogen-bond donors (Lipinski definition) is 8. The second-order valence-corrected chi connectivity index (χ2v) is 23.1. The van der Waals surface area contributed by atoms with Crippen LogP contribution in [0.4, 0.5) is 44.9 Å². The first kappa shape index (κ1) is 64.1. The quantitative estimate of drug-likeness (QED) is 0.0426. The number of fused-ring (bicyclic) bond motifs is 3. The summed E-state index contributed by atoms with van der Waals surface area (Å²) >= 11 is 5.67. The van der Waals surface area contributed by atoms with E-state index in [2.05, 4.69) is 166 Å². The van der Waals surface area contributed by atoms with E-state index < -0.39 is 16.4 Å². The zero-order valence-corrected chi connectivity index (χ0v) is 51.3. The summed E-state index contributed by atoms with van der Waals surface area (Å²) in [5, 5.41) is 37.9. The second-order valence-electron chi connectivity index (χ2n) is 22.8. The molecular weight excluding hydrogens is 1100 g/mol. The normalized spacial score (nSPS) is 20.7. The van der Waals surface area contributed by atoms with Gasteiger partial charge < -0.3 is 60.4 Å². The van der Waals surface area contributed by atoms with Gasteiger partial charge in [0.25, 0.3) is 0 Å². The number of carbonyl (C=O) groups is 2. The Balaban J connectivity index is 0.000000170. The minimum Gasteiger partial charge on any atom is -0.478 e. The van der Waals surface area contributed by atoms with Crippen molar-refractivity contribution in [2.45, 2.75) is 158 Å². The number of likely N-dealkylation sites (N-methyl/N-ethyl adjacent to an activating group) is 2. The van der Waals surface area contributed by atoms with Gasteiger partial charge in [-0.3, -0.25) is 25.0 Å². The number of hydrogen-bond acceptors (Lipinski definition) is 21. The Morgan fingerprint density at radius 2 is 1.04 bits per heavy atom. The van der Waals surface area contributed by atoms with Crippen molar-refractivity contribution in [2.24, 2.45) is 0 Å². The van der Waals surface area contributed by atoms with Crippen molar-refractivity contribution in [3.63, 3.8) is 0 Å². The molecule has 0 spiro atoms. The Kier molecular flexibility index (Phi) is 20.7. The monoisotopic (exact) mass is 1180 g/mol. The molecule has 5 aliphatic heterocycles. The van der Waals surface area contributed by atoms with E-state index >= 15 is 0 Å². The predicted molar refractivity (Wildman–Crippen MR) is 323 cm³/mol. The molecular formula is C56H87ClN22O5. The van der Waals surface area contributed by atoms with Crippen molar-refractivity contribution < 1.29 is 23.8 Å². The van der Waals surface area contributed by atoms with Gasteiger partial charge in [-0.1, -0.05) is 7.43 Å². The highest BCUT2D eigenvalue weighted by atomic mass is 35.5. The standard InChI is InChI=1S/C21H32N8O2.C14H17ClN6O2.C13H18N6O.C7H16N2.CH4/c1-7-31-16-8-9-22-19(23-16)24-18-15-12-29(21(4,5)17(15)25-26-18)20(30)28-11-13(2)27(6)10-14(28)3;1-4-23-9-5-6-16-13(17-9)18-11-8-7-21(12(15)22)14(2,3)10(8)19-20-11;1-4-20-9-5-6-14-12(16-9)17-11-8-7-15-13(2,3)10(8)18-19-11;1-6-5-9(3)7(2)4-8-6;/h8-9,13-14H,7,10-12H2,1-6H3,(H2,22,23,24,25,26);5-6H,4,7H2,1-3H3,(H2,16,17,18,19,20);5-6,15H,4,7H2,1-3H3,(H2,14,16,17,18,19);6-8H,4-5H2,1-3H3;1H4/t13-,14+;;;6-,7+;/m1..0./s1. The molecule has 11 heterocycles. The maximum absolute atomic E-state index is 13.6. The summed E-state index contributed by atoms with van der Waals surface area (Å²) < 4.78 is 16.2. The molecule has 5 aliphatic rings. The van der Waals surface area contributed by atoms with E-state index in [9.17, 15) is 9.59 Å². The lowest BCUT2D eigenvalue weighted by atomic mass is 10.0. The number of carbonyl (C=O) groups excluding carboxylic acids is 2. The summed E-state index contributed by atoms with van der Waals surface area (Å²) in [5.74, 6) is 4.76. The molecule has 6 aromatic heterocycles. The fourth-order valence-electron chi connectivity index (χ4n) is 10.5. The number of anilines is 6. The molecule has 28 heteroatoms. The van der Waals surface area contributed by atoms with Gasteiger partial charge in [-0.15, -0.1) is 0 Å². The Hall–Kier alpha value is -7.46. The summed E-state index contributed by atoms with van der Waals surface area (Å²) in [6.45, 7) is 33.8. The summed E-state index contributed by atoms with van der Waals surface area (Å²) in [6.07, 6.45) is 4.91. The molecule has 4 atom stereocenters. The third kappa shape index (κ3) is 14.4. The number of H-pyrrole nitrogens is 3. The van der Waals surface area contributed by atoms with Gasteiger partial charge in [-0.05, 0) is 116 Å². The number of aromatic amines is 3. The van der Waals surface area contributed by atoms with Crippen LogP contribution in [-0.4, -0.2) is 181 Å². The van der Waals surface area contributed by atoms with Gasteiger partial charge in [0, 0.05) is 110 Å². The molecule has 3 amide bonds. The minimum absolute atomic E-state index is 0. The Morgan fingerprint density at radius 3 is 1.48 bits per heavy atom. The van der Waals surface area contributed by atoms with Crippen LogP contribution in [0.2, 0.25) is 0 Å². The van der Waals surface area contributed by atoms with Crippen molar-refractivity contribution in [2.75, 3.05) is 76.0 Å². The number of aromatic nitrogens is 12. The average Bonchev–Trinajstić information content (AvgIpc) is 1.92. The number of halogens is 1. The lowest BCUT2D eigenvalue weighted by Crippen LogP contribution is -2.60. The molecule has 0 radical (unpaired) electrons. The van der Waals surface area contributed by atoms with E-state index in [0.29, 0.717) is 98.2 Å². The maximum Gasteiger partial charge on any atom is 0.321 e. The Morgan fingerprint density at radius 1 is 0.607 bits per heavy atom. The van der Waals surface area contributed by atoms with Crippen LogP contribution in [0, 0.1) is 0 Å². The highest BCUT2D eigenvalue weighted by Crippen LogP contribution is 2.43. The number of piperazine rings is 2. The highest BCUT2D eigenvalue weighted by Gasteiger charge is 2.47. The van der Waals surface area contributed by atoms with Crippen molar-refractivity contribution in [3.05, 3.63) is 70.6 Å². The van der Waals surface area contributed by atoms with Gasteiger partial charge in [0.1, 0.15) is 0 Å². The molecule has 84 heavy (non-hydrogen) atoms. The molecule has 0 unspecified atom stereocenters. The van der Waals surface area contributed by atoms with Crippen LogP contribution in [0.25, 0.3) is 0 Å². The maximum atomic E-state index is 13.6. The van der Waals surface area contributed by atoms with Crippen LogP contribution in [0.5, 0.6) is 17.6 Å². The van der Waals surface area contributed by atoms with Crippen LogP contribution in [-0.2, 0) is 36.3 Å². The highest BCUT2D eigenvalue weighted by molar-refractivity contribution is 6.62. The van der Waals surface area contributed by atoms with E-state index in [1.54, 1.807) is 41.7 Å². The Bertz CT molecular complexity index is 3160. The molecule has 0 saturated carbocycles. The number of rotatable bonds is 12. The first-order valence-electron chi connectivity index (χ1n) is 28.3. The first-order chi connectivity index (χ1) is 39.4. The number of nitrogens with zero attached hydrogens (tertiary/aromatic N) is 14. The molecule has 27 nitrogen and oxygen atoms in total. The number of amides is 3. The zero-order valence-electron chi connectivity index (χ0n) is 50.5. The van der Waals surface area contributed by atoms with Crippen molar-refractivity contribution in [3.8, 4) is 17.6 Å². The van der Waals surface area contributed by atoms with E-state index in [1.165, 1.54) is 6.54 Å². The molecule has 0 bridgehead atoms. The lowest BCUT2D eigenvalue weighted by molar-refractivity contribution is 0.0457. The summed E-state index contributed by atoms with van der Waals surface area (Å²) in [4.78, 5) is 60.8. The molecule has 11 rings (SSSR count). The van der Waals surface area contributed by atoms with Crippen LogP contribution in [0.1, 0.15) is 131 Å². The van der Waals surface area contributed by atoms with Crippen LogP contribution in [0.3, 0.4) is 0 Å². The predicted octanol–water partition coefficient (Wildman–Crippen LogP) is 7.90. The zero-order chi connectivity index (χ0) is 60.0. The van der Waals surface area contributed by atoms with Crippen molar-refractivity contribution in [1.29, 1.82) is 0 Å². The number of urea groups is 1. The second kappa shape index (κ2) is 27.1. The van der Waals surface area contributed by atoms with Crippen molar-refractivity contribution in [1.82, 2.24) is 95.6 Å². The van der Waals surface area contributed by atoms with Crippen LogP contribution in [0.15, 0.2) is 36.8 Å². The third-order valence-corrected chi connectivity index (χ3v) is 15.9. The van der Waals surface area contributed by atoms with Crippen LogP contribution < -0.4 is 40.8 Å². The molecule has 0 aromatic carbocycles. The van der Waals surface area contributed by atoms with E-state index in [4.69, 9.17) is 25.8 Å². The number of nitrogens with one attached hydrogen (secondary N) is 8. The van der Waals surface area contributed by atoms with E-state index in [0.717, 1.165) is 65.8 Å². The van der Waals surface area contributed by atoms with Gasteiger partial charge in [-0.2, -0.15) is 30.2 Å². The number of ether oxygens (including phenoxy) is 3. The smallest absolute Gasteiger partial charge is 0.321 e. The SMILES string of the molecule is C.CCOc1ccnc(Nc2n[nH]c3c2CN(C(=O)Cl)C3(C)C)n1.CCOc1ccnc(Nc2n[nH]c3c2CN(C(=O)N2C[C@@H](C)N(C)C[C@@H]2C)C3(C)C)n1.CCOc1ccnc(Nc2n[nH]c3c2CNC3(C)C)n1.C[C@@H]1CN[C@@H](C)CN1C. The van der Waals surface area contributed by atoms with E-state index in [-0.39, 0.29) is 25.0 Å². The first-order valence-corrected chi connectivity index (χ1v) is 28.7.